The molecule has 1 aromatic rings. The van der Waals surface area contributed by atoms with E-state index in [1.807, 2.05) is 13.0 Å². The molecule has 4 nitrogen and oxygen atoms in total. The van der Waals surface area contributed by atoms with Gasteiger partial charge in [-0.05, 0) is 38.3 Å². The van der Waals surface area contributed by atoms with Gasteiger partial charge in [0.15, 0.2) is 0 Å². The highest BCUT2D eigenvalue weighted by Gasteiger charge is 2.39. The normalized spacial score (nSPS) is 30.3. The highest BCUT2D eigenvalue weighted by atomic mass is 16.5. The monoisotopic (exact) mass is 250 g/mol. The lowest BCUT2D eigenvalue weighted by molar-refractivity contribution is -0.0738. The zero-order valence-electron chi connectivity index (χ0n) is 11.0. The number of nitrogens with two attached hydrogens (primary N) is 1. The van der Waals surface area contributed by atoms with Gasteiger partial charge in [-0.15, -0.1) is 0 Å². The summed E-state index contributed by atoms with van der Waals surface area (Å²) in [6.07, 6.45) is 4.08. The van der Waals surface area contributed by atoms with E-state index in [0.717, 1.165) is 24.7 Å². The third-order valence-electron chi connectivity index (χ3n) is 4.24. The zero-order chi connectivity index (χ0) is 12.5. The number of aryl methyl sites for hydroxylation is 1. The number of nitrogens with zero attached hydrogens (tertiary/aromatic N) is 1. The summed E-state index contributed by atoms with van der Waals surface area (Å²) >= 11 is 0. The molecule has 18 heavy (non-hydrogen) atoms. The molecular weight excluding hydrogens is 228 g/mol. The summed E-state index contributed by atoms with van der Waals surface area (Å²) in [4.78, 5) is 2.50. The quantitative estimate of drug-likeness (QED) is 0.889. The minimum absolute atomic E-state index is 0.202. The van der Waals surface area contributed by atoms with Crippen LogP contribution in [0.5, 0.6) is 0 Å². The van der Waals surface area contributed by atoms with Crippen LogP contribution in [-0.4, -0.2) is 36.7 Å². The molecule has 2 aliphatic rings. The van der Waals surface area contributed by atoms with E-state index in [4.69, 9.17) is 14.9 Å². The summed E-state index contributed by atoms with van der Waals surface area (Å²) in [6, 6.07) is 4.81. The van der Waals surface area contributed by atoms with Gasteiger partial charge in [-0.25, -0.2) is 0 Å². The number of ether oxygens (including phenoxy) is 1. The first-order valence-corrected chi connectivity index (χ1v) is 6.93. The second-order valence-corrected chi connectivity index (χ2v) is 5.35. The van der Waals surface area contributed by atoms with Crippen LogP contribution in [0.1, 0.15) is 36.8 Å². The van der Waals surface area contributed by atoms with Crippen LogP contribution >= 0.6 is 0 Å². The first-order valence-electron chi connectivity index (χ1n) is 6.93. The van der Waals surface area contributed by atoms with Crippen LogP contribution in [0.3, 0.4) is 0 Å². The lowest BCUT2D eigenvalue weighted by Gasteiger charge is -2.41. The molecule has 0 bridgehead atoms. The number of furan rings is 1. The minimum atomic E-state index is 0.202. The molecule has 3 rings (SSSR count). The SMILES string of the molecule is Cc1ccc(C(CN)N2CCOC3CCCC32)o1. The molecule has 2 fully saturated rings. The van der Waals surface area contributed by atoms with Gasteiger partial charge in [0.25, 0.3) is 0 Å². The summed E-state index contributed by atoms with van der Waals surface area (Å²) in [7, 11) is 0. The number of morpholine rings is 1. The van der Waals surface area contributed by atoms with E-state index < -0.39 is 0 Å². The van der Waals surface area contributed by atoms with Crippen molar-refractivity contribution in [1.29, 1.82) is 0 Å². The molecule has 0 aromatic carbocycles. The van der Waals surface area contributed by atoms with E-state index >= 15 is 0 Å². The predicted molar refractivity (Wildman–Crippen MR) is 69.3 cm³/mol. The number of rotatable bonds is 3. The zero-order valence-corrected chi connectivity index (χ0v) is 11.0. The summed E-state index contributed by atoms with van der Waals surface area (Å²) in [5.74, 6) is 1.96. The molecule has 1 aliphatic carbocycles. The maximum absolute atomic E-state index is 5.99. The van der Waals surface area contributed by atoms with Gasteiger partial charge in [0.1, 0.15) is 11.5 Å². The van der Waals surface area contributed by atoms with Crippen LogP contribution in [0.15, 0.2) is 16.5 Å². The Morgan fingerprint density at radius 3 is 3.06 bits per heavy atom. The molecule has 2 N–H and O–H groups in total. The summed E-state index contributed by atoms with van der Waals surface area (Å²) in [6.45, 7) is 4.37. The van der Waals surface area contributed by atoms with E-state index in [0.29, 0.717) is 18.7 Å². The third-order valence-corrected chi connectivity index (χ3v) is 4.24. The molecule has 3 atom stereocenters. The molecule has 0 radical (unpaired) electrons. The third kappa shape index (κ3) is 2.09. The minimum Gasteiger partial charge on any atom is -0.465 e. The van der Waals surface area contributed by atoms with Gasteiger partial charge in [-0.3, -0.25) is 4.90 Å². The van der Waals surface area contributed by atoms with Crippen molar-refractivity contribution in [3.05, 3.63) is 23.7 Å². The van der Waals surface area contributed by atoms with Crippen molar-refractivity contribution in [2.45, 2.75) is 44.4 Å². The number of hydrogen-bond donors (Lipinski definition) is 1. The Morgan fingerprint density at radius 2 is 2.33 bits per heavy atom. The van der Waals surface area contributed by atoms with E-state index in [9.17, 15) is 0 Å². The predicted octanol–water partition coefficient (Wildman–Crippen LogP) is 1.84. The fourth-order valence-electron chi connectivity index (χ4n) is 3.39. The Bertz CT molecular complexity index is 404. The second kappa shape index (κ2) is 5.03. The molecule has 1 saturated heterocycles. The van der Waals surface area contributed by atoms with E-state index in [1.165, 1.54) is 19.3 Å². The van der Waals surface area contributed by atoms with Gasteiger partial charge in [-0.2, -0.15) is 0 Å². The van der Waals surface area contributed by atoms with E-state index in [1.54, 1.807) is 0 Å². The topological polar surface area (TPSA) is 51.6 Å². The fraction of sp³-hybridized carbons (Fsp3) is 0.714. The molecular formula is C14H22N2O2. The first kappa shape index (κ1) is 12.2. The summed E-state index contributed by atoms with van der Waals surface area (Å²) in [5, 5.41) is 0. The summed E-state index contributed by atoms with van der Waals surface area (Å²) in [5.41, 5.74) is 5.99. The van der Waals surface area contributed by atoms with Crippen molar-refractivity contribution in [3.8, 4) is 0 Å². The molecule has 4 heteroatoms. The van der Waals surface area contributed by atoms with Crippen LogP contribution in [0.25, 0.3) is 0 Å². The molecule has 1 aromatic heterocycles. The highest BCUT2D eigenvalue weighted by molar-refractivity contribution is 5.11. The van der Waals surface area contributed by atoms with Gasteiger partial charge >= 0.3 is 0 Å². The van der Waals surface area contributed by atoms with E-state index in [2.05, 4.69) is 11.0 Å². The highest BCUT2D eigenvalue weighted by Crippen LogP contribution is 2.35. The number of hydrogen-bond acceptors (Lipinski definition) is 4. The molecule has 1 aliphatic heterocycles. The van der Waals surface area contributed by atoms with Crippen molar-refractivity contribution in [2.75, 3.05) is 19.7 Å². The average Bonchev–Trinajstić information content (AvgIpc) is 2.99. The first-order chi connectivity index (χ1) is 8.79. The standard InChI is InChI=1S/C14H22N2O2/c1-10-5-6-14(18-10)12(9-15)16-7-8-17-13-4-2-3-11(13)16/h5-6,11-13H,2-4,7-9,15H2,1H3. The van der Waals surface area contributed by atoms with Gasteiger partial charge in [0.05, 0.1) is 18.8 Å². The van der Waals surface area contributed by atoms with Crippen LogP contribution in [0, 0.1) is 6.92 Å². The largest absolute Gasteiger partial charge is 0.465 e. The Labute approximate surface area is 108 Å². The van der Waals surface area contributed by atoms with Crippen LogP contribution in [0.2, 0.25) is 0 Å². The molecule has 2 heterocycles. The maximum atomic E-state index is 5.99. The molecule has 0 spiro atoms. The fourth-order valence-corrected chi connectivity index (χ4v) is 3.39. The lowest BCUT2D eigenvalue weighted by atomic mass is 10.1. The van der Waals surface area contributed by atoms with Crippen LogP contribution in [0.4, 0.5) is 0 Å². The lowest BCUT2D eigenvalue weighted by Crippen LogP contribution is -2.51. The van der Waals surface area contributed by atoms with Gasteiger partial charge in [-0.1, -0.05) is 0 Å². The Hall–Kier alpha value is -0.840. The average molecular weight is 250 g/mol. The van der Waals surface area contributed by atoms with Crippen molar-refractivity contribution in [2.24, 2.45) is 5.73 Å². The van der Waals surface area contributed by atoms with Gasteiger partial charge in [0, 0.05) is 19.1 Å². The Kier molecular flexibility index (Phi) is 3.41. The van der Waals surface area contributed by atoms with Crippen molar-refractivity contribution in [3.63, 3.8) is 0 Å². The number of fused-ring (bicyclic) bond motifs is 1. The molecule has 1 saturated carbocycles. The summed E-state index contributed by atoms with van der Waals surface area (Å²) < 4.78 is 11.6. The molecule has 3 unspecified atom stereocenters. The van der Waals surface area contributed by atoms with Crippen LogP contribution < -0.4 is 5.73 Å². The van der Waals surface area contributed by atoms with Gasteiger partial charge in [0.2, 0.25) is 0 Å². The van der Waals surface area contributed by atoms with Crippen molar-refractivity contribution >= 4 is 0 Å². The van der Waals surface area contributed by atoms with Crippen molar-refractivity contribution < 1.29 is 9.15 Å². The van der Waals surface area contributed by atoms with Gasteiger partial charge < -0.3 is 14.9 Å². The molecule has 100 valence electrons. The van der Waals surface area contributed by atoms with Crippen LogP contribution in [-0.2, 0) is 4.74 Å². The Balaban J connectivity index is 1.82. The maximum Gasteiger partial charge on any atom is 0.122 e. The van der Waals surface area contributed by atoms with E-state index in [-0.39, 0.29) is 6.04 Å². The smallest absolute Gasteiger partial charge is 0.122 e. The Morgan fingerprint density at radius 1 is 1.44 bits per heavy atom. The van der Waals surface area contributed by atoms with Crippen molar-refractivity contribution in [1.82, 2.24) is 4.90 Å². The second-order valence-electron chi connectivity index (χ2n) is 5.35. The molecule has 0 amide bonds.